The van der Waals surface area contributed by atoms with E-state index in [1.54, 1.807) is 0 Å². The summed E-state index contributed by atoms with van der Waals surface area (Å²) in [6, 6.07) is 2.79. The van der Waals surface area contributed by atoms with Crippen molar-refractivity contribution in [2.45, 2.75) is 37.8 Å². The molecule has 1 aliphatic heterocycles. The molecule has 2 atom stereocenters. The Hall–Kier alpha value is -1.18. The van der Waals surface area contributed by atoms with Gasteiger partial charge in [-0.3, -0.25) is 4.90 Å². The van der Waals surface area contributed by atoms with E-state index >= 15 is 0 Å². The third-order valence-corrected chi connectivity index (χ3v) is 6.02. The van der Waals surface area contributed by atoms with E-state index in [1.807, 2.05) is 20.9 Å². The highest BCUT2D eigenvalue weighted by Crippen LogP contribution is 2.27. The Kier molecular flexibility index (Phi) is 4.28. The molecular weight excluding hydrogens is 293 g/mol. The predicted octanol–water partition coefficient (Wildman–Crippen LogP) is 1.43. The number of rotatable bonds is 2. The summed E-state index contributed by atoms with van der Waals surface area (Å²) in [6.07, 6.45) is 0. The number of nitrogens with zero attached hydrogens (tertiary/aromatic N) is 2. The number of sulfonamides is 1. The lowest BCUT2D eigenvalue weighted by molar-refractivity contribution is 0.105. The van der Waals surface area contributed by atoms with Gasteiger partial charge < -0.3 is 5.73 Å². The SMILES string of the molecule is Cc1cc(N)cc(S(=O)(=O)N2CC(C)N(C)C(C)C2)c1F. The van der Waals surface area contributed by atoms with Crippen LogP contribution in [0.4, 0.5) is 10.1 Å². The number of benzene rings is 1. The number of aryl methyl sites for hydroxylation is 1. The van der Waals surface area contributed by atoms with E-state index in [0.717, 1.165) is 0 Å². The van der Waals surface area contributed by atoms with Gasteiger partial charge in [0, 0.05) is 30.9 Å². The average Bonchev–Trinajstić information content (AvgIpc) is 2.39. The zero-order valence-corrected chi connectivity index (χ0v) is 13.6. The highest BCUT2D eigenvalue weighted by atomic mass is 32.2. The molecule has 0 aliphatic carbocycles. The van der Waals surface area contributed by atoms with Crippen molar-refractivity contribution in [3.8, 4) is 0 Å². The molecule has 0 amide bonds. The highest BCUT2D eigenvalue weighted by molar-refractivity contribution is 7.89. The molecule has 0 spiro atoms. The minimum atomic E-state index is -3.88. The zero-order valence-electron chi connectivity index (χ0n) is 12.8. The van der Waals surface area contributed by atoms with E-state index in [0.29, 0.717) is 13.1 Å². The Bertz CT molecular complexity index is 636. The first-order valence-electron chi connectivity index (χ1n) is 6.92. The van der Waals surface area contributed by atoms with Crippen molar-refractivity contribution in [1.29, 1.82) is 0 Å². The summed E-state index contributed by atoms with van der Waals surface area (Å²) in [7, 11) is -1.91. The van der Waals surface area contributed by atoms with Crippen LogP contribution in [0.2, 0.25) is 0 Å². The lowest BCUT2D eigenvalue weighted by atomic mass is 10.1. The maximum absolute atomic E-state index is 14.2. The van der Waals surface area contributed by atoms with Gasteiger partial charge in [0.25, 0.3) is 0 Å². The van der Waals surface area contributed by atoms with Crippen LogP contribution in [0.5, 0.6) is 0 Å². The van der Waals surface area contributed by atoms with Gasteiger partial charge in [0.1, 0.15) is 10.7 Å². The molecule has 1 aromatic rings. The monoisotopic (exact) mass is 315 g/mol. The molecule has 7 heteroatoms. The topological polar surface area (TPSA) is 66.6 Å². The van der Waals surface area contributed by atoms with Gasteiger partial charge in [-0.2, -0.15) is 4.31 Å². The van der Waals surface area contributed by atoms with Crippen molar-refractivity contribution < 1.29 is 12.8 Å². The molecular formula is C14H22FN3O2S. The Labute approximate surface area is 125 Å². The summed E-state index contributed by atoms with van der Waals surface area (Å²) in [5.74, 6) is -0.719. The van der Waals surface area contributed by atoms with E-state index in [2.05, 4.69) is 4.90 Å². The molecule has 0 aromatic heterocycles. The van der Waals surface area contributed by atoms with Gasteiger partial charge >= 0.3 is 0 Å². The molecule has 1 fully saturated rings. The fraction of sp³-hybridized carbons (Fsp3) is 0.571. The Balaban J connectivity index is 2.44. The summed E-state index contributed by atoms with van der Waals surface area (Å²) in [5, 5.41) is 0. The van der Waals surface area contributed by atoms with Crippen LogP contribution in [-0.2, 0) is 10.0 Å². The van der Waals surface area contributed by atoms with E-state index in [1.165, 1.54) is 23.4 Å². The average molecular weight is 315 g/mol. The smallest absolute Gasteiger partial charge is 0.246 e. The van der Waals surface area contributed by atoms with E-state index < -0.39 is 15.8 Å². The first kappa shape index (κ1) is 16.2. The second-order valence-electron chi connectivity index (χ2n) is 5.84. The maximum atomic E-state index is 14.2. The minimum Gasteiger partial charge on any atom is -0.399 e. The molecule has 1 aliphatic rings. The van der Waals surface area contributed by atoms with Gasteiger partial charge in [-0.15, -0.1) is 0 Å². The molecule has 2 rings (SSSR count). The van der Waals surface area contributed by atoms with Crippen molar-refractivity contribution >= 4 is 15.7 Å². The quantitative estimate of drug-likeness (QED) is 0.839. The van der Waals surface area contributed by atoms with Crippen molar-refractivity contribution in [3.05, 3.63) is 23.5 Å². The first-order valence-corrected chi connectivity index (χ1v) is 8.36. The molecule has 2 unspecified atom stereocenters. The van der Waals surface area contributed by atoms with Crippen LogP contribution in [0.1, 0.15) is 19.4 Å². The predicted molar refractivity (Wildman–Crippen MR) is 81.0 cm³/mol. The largest absolute Gasteiger partial charge is 0.399 e. The number of nitrogen functional groups attached to an aromatic ring is 1. The van der Waals surface area contributed by atoms with Crippen LogP contribution >= 0.6 is 0 Å². The van der Waals surface area contributed by atoms with Crippen LogP contribution in [0, 0.1) is 12.7 Å². The molecule has 0 radical (unpaired) electrons. The zero-order chi connectivity index (χ0) is 15.9. The highest BCUT2D eigenvalue weighted by Gasteiger charge is 2.36. The van der Waals surface area contributed by atoms with Gasteiger partial charge in [-0.1, -0.05) is 0 Å². The van der Waals surface area contributed by atoms with Crippen LogP contribution in [0.15, 0.2) is 17.0 Å². The third-order valence-electron chi connectivity index (χ3n) is 4.19. The van der Waals surface area contributed by atoms with E-state index in [4.69, 9.17) is 5.73 Å². The first-order chi connectivity index (χ1) is 9.64. The van der Waals surface area contributed by atoms with Gasteiger partial charge in [-0.25, -0.2) is 12.8 Å². The number of nitrogens with two attached hydrogens (primary N) is 1. The Morgan fingerprint density at radius 2 is 1.76 bits per heavy atom. The van der Waals surface area contributed by atoms with Crippen molar-refractivity contribution in [2.75, 3.05) is 25.9 Å². The van der Waals surface area contributed by atoms with Crippen LogP contribution in [0.3, 0.4) is 0 Å². The van der Waals surface area contributed by atoms with Crippen molar-refractivity contribution in [3.63, 3.8) is 0 Å². The maximum Gasteiger partial charge on any atom is 0.246 e. The van der Waals surface area contributed by atoms with Crippen LogP contribution < -0.4 is 5.73 Å². The minimum absolute atomic E-state index is 0.0775. The van der Waals surface area contributed by atoms with Gasteiger partial charge in [0.2, 0.25) is 10.0 Å². The standard InChI is InChI=1S/C14H22FN3O2S/c1-9-5-12(16)6-13(14(9)15)21(19,20)18-7-10(2)17(4)11(3)8-18/h5-6,10-11H,7-8,16H2,1-4H3. The Morgan fingerprint density at radius 1 is 1.24 bits per heavy atom. The molecule has 1 heterocycles. The number of anilines is 1. The number of halogens is 1. The lowest BCUT2D eigenvalue weighted by Gasteiger charge is -2.41. The van der Waals surface area contributed by atoms with E-state index in [9.17, 15) is 12.8 Å². The molecule has 2 N–H and O–H groups in total. The summed E-state index contributed by atoms with van der Waals surface area (Å²) < 4.78 is 41.0. The number of hydrogen-bond acceptors (Lipinski definition) is 4. The molecule has 1 aromatic carbocycles. The number of hydrogen-bond donors (Lipinski definition) is 1. The molecule has 1 saturated heterocycles. The number of likely N-dealkylation sites (N-methyl/N-ethyl adjacent to an activating group) is 1. The number of piperazine rings is 1. The summed E-state index contributed by atoms with van der Waals surface area (Å²) in [6.45, 7) is 6.12. The van der Waals surface area contributed by atoms with Crippen LogP contribution in [0.25, 0.3) is 0 Å². The second-order valence-corrected chi connectivity index (χ2v) is 7.74. The van der Waals surface area contributed by atoms with Crippen molar-refractivity contribution in [2.24, 2.45) is 0 Å². The Morgan fingerprint density at radius 3 is 2.29 bits per heavy atom. The molecule has 118 valence electrons. The van der Waals surface area contributed by atoms with Gasteiger partial charge in [0.05, 0.1) is 0 Å². The van der Waals surface area contributed by atoms with Gasteiger partial charge in [-0.05, 0) is 45.5 Å². The fourth-order valence-electron chi connectivity index (χ4n) is 2.64. The lowest BCUT2D eigenvalue weighted by Crippen LogP contribution is -2.56. The summed E-state index contributed by atoms with van der Waals surface area (Å²) in [4.78, 5) is 1.79. The molecule has 21 heavy (non-hydrogen) atoms. The van der Waals surface area contributed by atoms with Gasteiger partial charge in [0.15, 0.2) is 0 Å². The van der Waals surface area contributed by atoms with Crippen LogP contribution in [-0.4, -0.2) is 49.8 Å². The molecule has 0 bridgehead atoms. The molecule has 5 nitrogen and oxygen atoms in total. The van der Waals surface area contributed by atoms with Crippen molar-refractivity contribution in [1.82, 2.24) is 9.21 Å². The molecule has 0 saturated carbocycles. The summed E-state index contributed by atoms with van der Waals surface area (Å²) >= 11 is 0. The van der Waals surface area contributed by atoms with E-state index in [-0.39, 0.29) is 28.2 Å². The third kappa shape index (κ3) is 2.90. The fourth-order valence-corrected chi connectivity index (χ4v) is 4.42. The normalized spacial score (nSPS) is 25.2. The second kappa shape index (κ2) is 5.55. The summed E-state index contributed by atoms with van der Waals surface area (Å²) in [5.41, 5.74) is 6.17.